The van der Waals surface area contributed by atoms with Crippen LogP contribution in [-0.4, -0.2) is 17.6 Å². The summed E-state index contributed by atoms with van der Waals surface area (Å²) >= 11 is 5.70. The number of nitrogens with one attached hydrogen (secondary N) is 1. The van der Waals surface area contributed by atoms with Crippen LogP contribution < -0.4 is 11.1 Å². The third kappa shape index (κ3) is 2.85. The van der Waals surface area contributed by atoms with Crippen molar-refractivity contribution in [2.24, 2.45) is 16.3 Å². The number of anilines is 1. The zero-order chi connectivity index (χ0) is 13.2. The average molecular weight is 272 g/mol. The van der Waals surface area contributed by atoms with Gasteiger partial charge in [-0.3, -0.25) is 0 Å². The van der Waals surface area contributed by atoms with Gasteiger partial charge in [-0.05, 0) is 30.4 Å². The number of hydrogen-bond acceptors (Lipinski definition) is 3. The van der Waals surface area contributed by atoms with Gasteiger partial charge in [0, 0.05) is 13.0 Å². The Bertz CT molecular complexity index is 474. The van der Waals surface area contributed by atoms with Gasteiger partial charge in [0.25, 0.3) is 0 Å². The van der Waals surface area contributed by atoms with E-state index < -0.39 is 5.82 Å². The van der Waals surface area contributed by atoms with Gasteiger partial charge in [0.05, 0.1) is 10.7 Å². The van der Waals surface area contributed by atoms with Crippen LogP contribution in [0.5, 0.6) is 0 Å². The molecule has 1 aromatic rings. The number of nitrogens with zero attached hydrogens (tertiary/aromatic N) is 1. The molecule has 0 amide bonds. The molecule has 18 heavy (non-hydrogen) atoms. The van der Waals surface area contributed by atoms with Crippen LogP contribution in [0.4, 0.5) is 10.1 Å². The maximum absolute atomic E-state index is 13.6. The third-order valence-electron chi connectivity index (χ3n) is 3.25. The molecule has 0 atom stereocenters. The molecule has 4 nitrogen and oxygen atoms in total. The largest absolute Gasteiger partial charge is 0.409 e. The maximum Gasteiger partial charge on any atom is 0.164 e. The highest BCUT2D eigenvalue weighted by Crippen LogP contribution is 2.48. The molecule has 0 heterocycles. The van der Waals surface area contributed by atoms with Crippen molar-refractivity contribution in [1.82, 2.24) is 0 Å². The molecule has 1 saturated carbocycles. The fraction of sp³-hybridized carbons (Fsp3) is 0.417. The third-order valence-corrected chi connectivity index (χ3v) is 3.54. The minimum Gasteiger partial charge on any atom is -0.409 e. The molecule has 98 valence electrons. The predicted octanol–water partition coefficient (Wildman–Crippen LogP) is 2.81. The van der Waals surface area contributed by atoms with E-state index in [2.05, 4.69) is 10.5 Å². The zero-order valence-corrected chi connectivity index (χ0v) is 10.5. The van der Waals surface area contributed by atoms with E-state index in [1.54, 1.807) is 12.1 Å². The number of amidine groups is 1. The van der Waals surface area contributed by atoms with Gasteiger partial charge >= 0.3 is 0 Å². The van der Waals surface area contributed by atoms with Crippen LogP contribution in [-0.2, 0) is 0 Å². The van der Waals surface area contributed by atoms with Crippen LogP contribution in [0.1, 0.15) is 19.3 Å². The molecule has 0 aromatic heterocycles. The summed E-state index contributed by atoms with van der Waals surface area (Å²) in [6.07, 6.45) is 2.48. The molecule has 1 aliphatic carbocycles. The summed E-state index contributed by atoms with van der Waals surface area (Å²) < 4.78 is 13.6. The zero-order valence-electron chi connectivity index (χ0n) is 9.79. The summed E-state index contributed by atoms with van der Waals surface area (Å²) in [4.78, 5) is 0. The molecule has 0 spiro atoms. The normalized spacial score (nSPS) is 17.6. The summed E-state index contributed by atoms with van der Waals surface area (Å²) in [5.74, 6) is -0.236. The molecule has 4 N–H and O–H groups in total. The number of hydrogen-bond donors (Lipinski definition) is 3. The monoisotopic (exact) mass is 271 g/mol. The number of halogens is 2. The Morgan fingerprint density at radius 1 is 1.56 bits per heavy atom. The second kappa shape index (κ2) is 5.02. The lowest BCUT2D eigenvalue weighted by atomic mass is 10.0. The summed E-state index contributed by atoms with van der Waals surface area (Å²) in [7, 11) is 0. The minimum atomic E-state index is -0.446. The molecular weight excluding hydrogens is 257 g/mol. The Kier molecular flexibility index (Phi) is 3.61. The van der Waals surface area contributed by atoms with Gasteiger partial charge in [-0.1, -0.05) is 22.8 Å². The SMILES string of the molecule is NC(CC1(CNc2cccc(Cl)c2F)CC1)=NO. The van der Waals surface area contributed by atoms with E-state index in [-0.39, 0.29) is 16.3 Å². The van der Waals surface area contributed by atoms with Gasteiger partial charge in [-0.2, -0.15) is 0 Å². The molecule has 0 bridgehead atoms. The second-order valence-corrected chi connectivity index (χ2v) is 5.13. The molecule has 0 radical (unpaired) electrons. The Labute approximate surface area is 110 Å². The number of nitrogens with two attached hydrogens (primary N) is 1. The first-order valence-electron chi connectivity index (χ1n) is 5.71. The van der Waals surface area contributed by atoms with Gasteiger partial charge in [-0.25, -0.2) is 4.39 Å². The van der Waals surface area contributed by atoms with Crippen LogP contribution >= 0.6 is 11.6 Å². The minimum absolute atomic E-state index is 0.0227. The van der Waals surface area contributed by atoms with Crippen molar-refractivity contribution in [1.29, 1.82) is 0 Å². The number of oxime groups is 1. The van der Waals surface area contributed by atoms with Crippen molar-refractivity contribution in [3.05, 3.63) is 29.0 Å². The van der Waals surface area contributed by atoms with E-state index in [1.165, 1.54) is 6.07 Å². The number of rotatable bonds is 5. The molecule has 0 unspecified atom stereocenters. The van der Waals surface area contributed by atoms with Gasteiger partial charge in [0.1, 0.15) is 5.84 Å². The van der Waals surface area contributed by atoms with Crippen molar-refractivity contribution >= 4 is 23.1 Å². The molecular formula is C12H15ClFN3O. The van der Waals surface area contributed by atoms with E-state index in [0.29, 0.717) is 18.7 Å². The Morgan fingerprint density at radius 2 is 2.28 bits per heavy atom. The first kappa shape index (κ1) is 13.0. The van der Waals surface area contributed by atoms with E-state index in [1.807, 2.05) is 0 Å². The Hall–Kier alpha value is -1.49. The second-order valence-electron chi connectivity index (χ2n) is 4.72. The summed E-state index contributed by atoms with van der Waals surface area (Å²) in [6, 6.07) is 4.84. The molecule has 0 saturated heterocycles. The highest BCUT2D eigenvalue weighted by molar-refractivity contribution is 6.31. The first-order valence-corrected chi connectivity index (χ1v) is 6.08. The van der Waals surface area contributed by atoms with E-state index in [4.69, 9.17) is 22.5 Å². The van der Waals surface area contributed by atoms with E-state index >= 15 is 0 Å². The summed E-state index contributed by atoms with van der Waals surface area (Å²) in [5.41, 5.74) is 5.86. The molecule has 1 fully saturated rings. The van der Waals surface area contributed by atoms with Crippen LogP contribution in [0.25, 0.3) is 0 Å². The highest BCUT2D eigenvalue weighted by Gasteiger charge is 2.43. The summed E-state index contributed by atoms with van der Waals surface area (Å²) in [5, 5.41) is 14.7. The predicted molar refractivity (Wildman–Crippen MR) is 69.6 cm³/mol. The summed E-state index contributed by atoms with van der Waals surface area (Å²) in [6.45, 7) is 0.584. The molecule has 0 aliphatic heterocycles. The standard InChI is InChI=1S/C12H15ClFN3O/c13-8-2-1-3-9(11(8)14)16-7-12(4-5-12)6-10(15)17-18/h1-3,16,18H,4-7H2,(H2,15,17). The van der Waals surface area contributed by atoms with Crippen LogP contribution in [0.15, 0.2) is 23.4 Å². The lowest BCUT2D eigenvalue weighted by Gasteiger charge is -2.16. The van der Waals surface area contributed by atoms with E-state index in [9.17, 15) is 4.39 Å². The van der Waals surface area contributed by atoms with Gasteiger partial charge < -0.3 is 16.3 Å². The van der Waals surface area contributed by atoms with Crippen LogP contribution in [0, 0.1) is 11.2 Å². The van der Waals surface area contributed by atoms with Crippen LogP contribution in [0.3, 0.4) is 0 Å². The quantitative estimate of drug-likeness (QED) is 0.334. The van der Waals surface area contributed by atoms with Gasteiger partial charge in [0.2, 0.25) is 0 Å². The maximum atomic E-state index is 13.6. The fourth-order valence-electron chi connectivity index (χ4n) is 1.94. The molecule has 1 aromatic carbocycles. The van der Waals surface area contributed by atoms with Gasteiger partial charge in [0.15, 0.2) is 5.82 Å². The molecule has 1 aliphatic rings. The Morgan fingerprint density at radius 3 is 2.89 bits per heavy atom. The van der Waals surface area contributed by atoms with Crippen molar-refractivity contribution in [2.45, 2.75) is 19.3 Å². The van der Waals surface area contributed by atoms with Crippen molar-refractivity contribution in [3.8, 4) is 0 Å². The Balaban J connectivity index is 1.98. The lowest BCUT2D eigenvalue weighted by Crippen LogP contribution is -2.24. The lowest BCUT2D eigenvalue weighted by molar-refractivity contribution is 0.315. The number of benzene rings is 1. The van der Waals surface area contributed by atoms with Crippen molar-refractivity contribution in [3.63, 3.8) is 0 Å². The van der Waals surface area contributed by atoms with E-state index in [0.717, 1.165) is 12.8 Å². The molecule has 6 heteroatoms. The molecule has 2 rings (SSSR count). The van der Waals surface area contributed by atoms with Crippen molar-refractivity contribution < 1.29 is 9.60 Å². The smallest absolute Gasteiger partial charge is 0.164 e. The average Bonchev–Trinajstić information content (AvgIpc) is 3.11. The van der Waals surface area contributed by atoms with Gasteiger partial charge in [-0.15, -0.1) is 0 Å². The first-order chi connectivity index (χ1) is 8.56. The topological polar surface area (TPSA) is 70.6 Å². The van der Waals surface area contributed by atoms with Crippen LogP contribution in [0.2, 0.25) is 5.02 Å². The highest BCUT2D eigenvalue weighted by atomic mass is 35.5. The van der Waals surface area contributed by atoms with Crippen molar-refractivity contribution in [2.75, 3.05) is 11.9 Å². The fourth-order valence-corrected chi connectivity index (χ4v) is 2.11.